The van der Waals surface area contributed by atoms with Crippen molar-refractivity contribution in [2.45, 2.75) is 6.61 Å². The van der Waals surface area contributed by atoms with Crippen LogP contribution in [0.15, 0.2) is 47.9 Å². The molecule has 3 N–H and O–H groups in total. The predicted molar refractivity (Wildman–Crippen MR) is 74.1 cm³/mol. The second kappa shape index (κ2) is 6.42. The first-order valence-electron chi connectivity index (χ1n) is 5.92. The van der Waals surface area contributed by atoms with Crippen molar-refractivity contribution in [2.75, 3.05) is 7.11 Å². The summed E-state index contributed by atoms with van der Waals surface area (Å²) in [6.45, 7) is 0.405. The second-order valence-corrected chi connectivity index (χ2v) is 4.00. The van der Waals surface area contributed by atoms with Gasteiger partial charge in [-0.2, -0.15) is 0 Å². The highest BCUT2D eigenvalue weighted by Crippen LogP contribution is 2.28. The Morgan fingerprint density at radius 3 is 2.65 bits per heavy atom. The van der Waals surface area contributed by atoms with E-state index in [4.69, 9.17) is 20.4 Å². The average Bonchev–Trinajstić information content (AvgIpc) is 2.53. The van der Waals surface area contributed by atoms with Crippen LogP contribution in [-0.4, -0.2) is 23.1 Å². The molecule has 6 heteroatoms. The van der Waals surface area contributed by atoms with Crippen molar-refractivity contribution in [3.63, 3.8) is 0 Å². The van der Waals surface area contributed by atoms with E-state index in [1.54, 1.807) is 30.6 Å². The van der Waals surface area contributed by atoms with Crippen LogP contribution in [0.25, 0.3) is 0 Å². The Hall–Kier alpha value is -2.76. The SMILES string of the molecule is COc1cc(/C(N)=N/O)ccc1OCc1ccncc1. The Bertz CT molecular complexity index is 600. The van der Waals surface area contributed by atoms with E-state index in [-0.39, 0.29) is 5.84 Å². The fourth-order valence-corrected chi connectivity index (χ4v) is 1.64. The van der Waals surface area contributed by atoms with E-state index >= 15 is 0 Å². The van der Waals surface area contributed by atoms with E-state index in [1.165, 1.54) is 7.11 Å². The van der Waals surface area contributed by atoms with Gasteiger partial charge in [0, 0.05) is 18.0 Å². The van der Waals surface area contributed by atoms with Gasteiger partial charge in [0.1, 0.15) is 6.61 Å². The number of aromatic nitrogens is 1. The number of nitrogens with two attached hydrogens (primary N) is 1. The topological polar surface area (TPSA) is 90.0 Å². The molecular formula is C14H15N3O3. The van der Waals surface area contributed by atoms with Gasteiger partial charge in [-0.05, 0) is 35.9 Å². The molecule has 20 heavy (non-hydrogen) atoms. The Labute approximate surface area is 116 Å². The summed E-state index contributed by atoms with van der Waals surface area (Å²) in [4.78, 5) is 3.94. The Morgan fingerprint density at radius 1 is 1.25 bits per heavy atom. The van der Waals surface area contributed by atoms with Crippen molar-refractivity contribution in [2.24, 2.45) is 10.9 Å². The number of nitrogens with zero attached hydrogens (tertiary/aromatic N) is 2. The van der Waals surface area contributed by atoms with Gasteiger partial charge in [-0.1, -0.05) is 5.16 Å². The zero-order valence-electron chi connectivity index (χ0n) is 11.0. The fourth-order valence-electron chi connectivity index (χ4n) is 1.64. The minimum Gasteiger partial charge on any atom is -0.493 e. The summed E-state index contributed by atoms with van der Waals surface area (Å²) in [5, 5.41) is 11.6. The minimum absolute atomic E-state index is 0.0176. The molecule has 2 aromatic rings. The lowest BCUT2D eigenvalue weighted by atomic mass is 10.2. The molecule has 1 aromatic carbocycles. The van der Waals surface area contributed by atoms with Crippen molar-refractivity contribution in [3.8, 4) is 11.5 Å². The zero-order valence-corrected chi connectivity index (χ0v) is 11.0. The van der Waals surface area contributed by atoms with Crippen LogP contribution in [-0.2, 0) is 6.61 Å². The highest BCUT2D eigenvalue weighted by Gasteiger charge is 2.08. The van der Waals surface area contributed by atoms with Gasteiger partial charge in [-0.25, -0.2) is 0 Å². The molecule has 0 fully saturated rings. The molecule has 0 unspecified atom stereocenters. The molecule has 1 heterocycles. The first-order chi connectivity index (χ1) is 9.74. The van der Waals surface area contributed by atoms with Crippen LogP contribution in [0, 0.1) is 0 Å². The van der Waals surface area contributed by atoms with E-state index in [0.717, 1.165) is 5.56 Å². The lowest BCUT2D eigenvalue weighted by Crippen LogP contribution is -2.13. The minimum atomic E-state index is 0.0176. The summed E-state index contributed by atoms with van der Waals surface area (Å²) in [5.41, 5.74) is 7.09. The van der Waals surface area contributed by atoms with Gasteiger partial charge in [0.15, 0.2) is 17.3 Å². The van der Waals surface area contributed by atoms with Crippen molar-refractivity contribution in [1.29, 1.82) is 0 Å². The molecule has 0 aliphatic carbocycles. The fraction of sp³-hybridized carbons (Fsp3) is 0.143. The van der Waals surface area contributed by atoms with Crippen LogP contribution < -0.4 is 15.2 Å². The van der Waals surface area contributed by atoms with Gasteiger partial charge in [0.05, 0.1) is 7.11 Å². The number of ether oxygens (including phenoxy) is 2. The van der Waals surface area contributed by atoms with Gasteiger partial charge >= 0.3 is 0 Å². The quantitative estimate of drug-likeness (QED) is 0.375. The average molecular weight is 273 g/mol. The zero-order chi connectivity index (χ0) is 14.4. The Kier molecular flexibility index (Phi) is 4.39. The number of rotatable bonds is 5. The molecule has 6 nitrogen and oxygen atoms in total. The van der Waals surface area contributed by atoms with E-state index in [0.29, 0.717) is 23.7 Å². The Balaban J connectivity index is 2.16. The van der Waals surface area contributed by atoms with Gasteiger partial charge < -0.3 is 20.4 Å². The number of pyridine rings is 1. The highest BCUT2D eigenvalue weighted by atomic mass is 16.5. The largest absolute Gasteiger partial charge is 0.493 e. The number of oxime groups is 1. The maximum atomic E-state index is 8.66. The summed E-state index contributed by atoms with van der Waals surface area (Å²) in [6, 6.07) is 8.80. The standard InChI is InChI=1S/C14H15N3O3/c1-19-13-8-11(14(15)17-18)2-3-12(13)20-9-10-4-6-16-7-5-10/h2-8,18H,9H2,1H3,(H2,15,17). The van der Waals surface area contributed by atoms with Crippen molar-refractivity contribution < 1.29 is 14.7 Å². The predicted octanol–water partition coefficient (Wildman–Crippen LogP) is 1.76. The van der Waals surface area contributed by atoms with Crippen molar-refractivity contribution >= 4 is 5.84 Å². The molecule has 0 spiro atoms. The van der Waals surface area contributed by atoms with Crippen molar-refractivity contribution in [3.05, 3.63) is 53.9 Å². The van der Waals surface area contributed by atoms with E-state index in [9.17, 15) is 0 Å². The molecule has 0 radical (unpaired) electrons. The van der Waals surface area contributed by atoms with Crippen LogP contribution in [0.3, 0.4) is 0 Å². The second-order valence-electron chi connectivity index (χ2n) is 4.00. The van der Waals surface area contributed by atoms with E-state index in [1.807, 2.05) is 12.1 Å². The molecule has 0 aliphatic heterocycles. The smallest absolute Gasteiger partial charge is 0.170 e. The Morgan fingerprint density at radius 2 is 2.00 bits per heavy atom. The molecule has 1 aromatic heterocycles. The third-order valence-electron chi connectivity index (χ3n) is 2.71. The summed E-state index contributed by atoms with van der Waals surface area (Å²) in [5.74, 6) is 1.12. The lowest BCUT2D eigenvalue weighted by Gasteiger charge is -2.11. The van der Waals surface area contributed by atoms with Gasteiger partial charge in [-0.3, -0.25) is 4.98 Å². The maximum Gasteiger partial charge on any atom is 0.170 e. The molecule has 0 atom stereocenters. The number of hydrogen-bond donors (Lipinski definition) is 2. The van der Waals surface area contributed by atoms with Crippen molar-refractivity contribution in [1.82, 2.24) is 4.98 Å². The van der Waals surface area contributed by atoms with Crippen LogP contribution in [0.1, 0.15) is 11.1 Å². The molecular weight excluding hydrogens is 258 g/mol. The molecule has 2 rings (SSSR count). The molecule has 0 amide bonds. The summed E-state index contributed by atoms with van der Waals surface area (Å²) in [6.07, 6.45) is 3.41. The maximum absolute atomic E-state index is 8.66. The summed E-state index contributed by atoms with van der Waals surface area (Å²) < 4.78 is 10.9. The van der Waals surface area contributed by atoms with Crippen LogP contribution in [0.5, 0.6) is 11.5 Å². The molecule has 0 saturated carbocycles. The first kappa shape index (κ1) is 13.7. The lowest BCUT2D eigenvalue weighted by molar-refractivity contribution is 0.284. The highest BCUT2D eigenvalue weighted by molar-refractivity contribution is 5.97. The molecule has 0 aliphatic rings. The number of hydrogen-bond acceptors (Lipinski definition) is 5. The summed E-state index contributed by atoms with van der Waals surface area (Å²) >= 11 is 0. The first-order valence-corrected chi connectivity index (χ1v) is 5.92. The van der Waals surface area contributed by atoms with E-state index < -0.39 is 0 Å². The molecule has 104 valence electrons. The number of methoxy groups -OCH3 is 1. The normalized spacial score (nSPS) is 11.2. The third-order valence-corrected chi connectivity index (χ3v) is 2.71. The number of amidine groups is 1. The van der Waals surface area contributed by atoms with Gasteiger partial charge in [0.25, 0.3) is 0 Å². The molecule has 0 saturated heterocycles. The number of benzene rings is 1. The van der Waals surface area contributed by atoms with Crippen LogP contribution in [0.4, 0.5) is 0 Å². The molecule has 0 bridgehead atoms. The van der Waals surface area contributed by atoms with Crippen LogP contribution >= 0.6 is 0 Å². The van der Waals surface area contributed by atoms with Gasteiger partial charge in [0.2, 0.25) is 0 Å². The monoisotopic (exact) mass is 273 g/mol. The third kappa shape index (κ3) is 3.17. The van der Waals surface area contributed by atoms with E-state index in [2.05, 4.69) is 10.1 Å². The summed E-state index contributed by atoms with van der Waals surface area (Å²) in [7, 11) is 1.53. The van der Waals surface area contributed by atoms with Gasteiger partial charge in [-0.15, -0.1) is 0 Å². The van der Waals surface area contributed by atoms with Crippen LogP contribution in [0.2, 0.25) is 0 Å².